The molecule has 3 aromatic rings. The molecule has 94 valence electrons. The van der Waals surface area contributed by atoms with E-state index in [0.717, 1.165) is 22.6 Å². The Balaban J connectivity index is 1.85. The number of rotatable bonds is 3. The zero-order valence-corrected chi connectivity index (χ0v) is 10.6. The van der Waals surface area contributed by atoms with Gasteiger partial charge in [0, 0.05) is 11.3 Å². The highest BCUT2D eigenvalue weighted by Gasteiger charge is 2.06. The minimum absolute atomic E-state index is 0.508. The minimum Gasteiger partial charge on any atom is -0.423 e. The van der Waals surface area contributed by atoms with Crippen molar-refractivity contribution >= 4 is 11.7 Å². The van der Waals surface area contributed by atoms with E-state index in [1.54, 1.807) is 6.20 Å². The van der Waals surface area contributed by atoms with E-state index in [-0.39, 0.29) is 0 Å². The Morgan fingerprint density at radius 2 is 1.68 bits per heavy atom. The van der Waals surface area contributed by atoms with Crippen molar-refractivity contribution in [3.05, 3.63) is 66.4 Å². The molecule has 0 amide bonds. The number of oxazole rings is 1. The highest BCUT2D eigenvalue weighted by molar-refractivity contribution is 5.61. The van der Waals surface area contributed by atoms with Gasteiger partial charge in [0.25, 0.3) is 6.01 Å². The van der Waals surface area contributed by atoms with Crippen LogP contribution in [0.1, 0.15) is 5.56 Å². The number of aryl methyl sites for hydroxylation is 1. The standard InChI is InChI=1S/C16H14N2O/c1-12-7-5-6-10-14(12)18-16-17-11-15(19-16)13-8-3-2-4-9-13/h2-11H,1H3,(H,17,18). The van der Waals surface area contributed by atoms with Crippen molar-refractivity contribution in [1.29, 1.82) is 0 Å². The van der Waals surface area contributed by atoms with Crippen molar-refractivity contribution < 1.29 is 4.42 Å². The van der Waals surface area contributed by atoms with Crippen molar-refractivity contribution in [2.75, 3.05) is 5.32 Å². The van der Waals surface area contributed by atoms with Crippen molar-refractivity contribution in [2.45, 2.75) is 6.92 Å². The molecule has 0 saturated carbocycles. The summed E-state index contributed by atoms with van der Waals surface area (Å²) in [4.78, 5) is 4.25. The van der Waals surface area contributed by atoms with Crippen LogP contribution in [0.3, 0.4) is 0 Å². The molecule has 1 aromatic heterocycles. The molecular weight excluding hydrogens is 236 g/mol. The first kappa shape index (κ1) is 11.5. The number of anilines is 2. The van der Waals surface area contributed by atoms with E-state index in [2.05, 4.69) is 10.3 Å². The van der Waals surface area contributed by atoms with Gasteiger partial charge in [0.15, 0.2) is 5.76 Å². The predicted octanol–water partition coefficient (Wildman–Crippen LogP) is 4.39. The maximum atomic E-state index is 5.71. The molecule has 1 heterocycles. The summed E-state index contributed by atoms with van der Waals surface area (Å²) >= 11 is 0. The SMILES string of the molecule is Cc1ccccc1Nc1ncc(-c2ccccc2)o1. The summed E-state index contributed by atoms with van der Waals surface area (Å²) in [7, 11) is 0. The first-order valence-corrected chi connectivity index (χ1v) is 6.17. The summed E-state index contributed by atoms with van der Waals surface area (Å²) in [5, 5.41) is 3.18. The zero-order valence-electron chi connectivity index (χ0n) is 10.6. The van der Waals surface area contributed by atoms with Crippen molar-refractivity contribution in [3.63, 3.8) is 0 Å². The second kappa shape index (κ2) is 4.98. The van der Waals surface area contributed by atoms with Gasteiger partial charge in [0.2, 0.25) is 0 Å². The molecule has 0 spiro atoms. The molecule has 1 N–H and O–H groups in total. The third-order valence-corrected chi connectivity index (χ3v) is 2.95. The van der Waals surface area contributed by atoms with Crippen LogP contribution in [0.5, 0.6) is 0 Å². The van der Waals surface area contributed by atoms with Crippen molar-refractivity contribution in [1.82, 2.24) is 4.98 Å². The summed E-state index contributed by atoms with van der Waals surface area (Å²) < 4.78 is 5.71. The molecule has 0 fully saturated rings. The first-order valence-electron chi connectivity index (χ1n) is 6.17. The Bertz CT molecular complexity index is 674. The van der Waals surface area contributed by atoms with E-state index < -0.39 is 0 Å². The second-order valence-corrected chi connectivity index (χ2v) is 4.34. The quantitative estimate of drug-likeness (QED) is 0.749. The molecule has 0 unspecified atom stereocenters. The van der Waals surface area contributed by atoms with Gasteiger partial charge in [-0.3, -0.25) is 0 Å². The molecule has 0 radical (unpaired) electrons. The van der Waals surface area contributed by atoms with E-state index in [4.69, 9.17) is 4.42 Å². The molecule has 0 aliphatic heterocycles. The smallest absolute Gasteiger partial charge is 0.299 e. The number of para-hydroxylation sites is 1. The zero-order chi connectivity index (χ0) is 13.1. The van der Waals surface area contributed by atoms with Crippen LogP contribution in [-0.2, 0) is 0 Å². The van der Waals surface area contributed by atoms with E-state index in [9.17, 15) is 0 Å². The maximum absolute atomic E-state index is 5.71. The summed E-state index contributed by atoms with van der Waals surface area (Å²) in [5.74, 6) is 0.761. The van der Waals surface area contributed by atoms with Gasteiger partial charge in [-0.1, -0.05) is 48.5 Å². The van der Waals surface area contributed by atoms with Gasteiger partial charge < -0.3 is 9.73 Å². The largest absolute Gasteiger partial charge is 0.423 e. The molecule has 19 heavy (non-hydrogen) atoms. The summed E-state index contributed by atoms with van der Waals surface area (Å²) in [6.45, 7) is 2.05. The molecule has 0 atom stereocenters. The van der Waals surface area contributed by atoms with E-state index in [1.165, 1.54) is 0 Å². The number of hydrogen-bond donors (Lipinski definition) is 1. The number of hydrogen-bond acceptors (Lipinski definition) is 3. The lowest BCUT2D eigenvalue weighted by molar-refractivity contribution is 0.592. The highest BCUT2D eigenvalue weighted by Crippen LogP contribution is 2.25. The van der Waals surface area contributed by atoms with Crippen LogP contribution in [-0.4, -0.2) is 4.98 Å². The molecule has 0 aliphatic carbocycles. The van der Waals surface area contributed by atoms with Crippen LogP contribution in [0.2, 0.25) is 0 Å². The van der Waals surface area contributed by atoms with Crippen molar-refractivity contribution in [3.8, 4) is 11.3 Å². The molecule has 0 saturated heterocycles. The fraction of sp³-hybridized carbons (Fsp3) is 0.0625. The van der Waals surface area contributed by atoms with Gasteiger partial charge in [-0.25, -0.2) is 4.98 Å². The molecule has 0 aliphatic rings. The lowest BCUT2D eigenvalue weighted by Gasteiger charge is -2.04. The van der Waals surface area contributed by atoms with Gasteiger partial charge >= 0.3 is 0 Å². The fourth-order valence-corrected chi connectivity index (χ4v) is 1.90. The average molecular weight is 250 g/mol. The van der Waals surface area contributed by atoms with Gasteiger partial charge in [-0.15, -0.1) is 0 Å². The summed E-state index contributed by atoms with van der Waals surface area (Å²) in [6.07, 6.45) is 1.73. The Morgan fingerprint density at radius 1 is 0.947 bits per heavy atom. The average Bonchev–Trinajstić information content (AvgIpc) is 2.91. The van der Waals surface area contributed by atoms with E-state index in [1.807, 2.05) is 61.5 Å². The van der Waals surface area contributed by atoms with Crippen LogP contribution in [0.15, 0.2) is 65.2 Å². The molecule has 2 aromatic carbocycles. The predicted molar refractivity (Wildman–Crippen MR) is 76.4 cm³/mol. The van der Waals surface area contributed by atoms with E-state index in [0.29, 0.717) is 6.01 Å². The molecular formula is C16H14N2O. The molecule has 3 nitrogen and oxygen atoms in total. The van der Waals surface area contributed by atoms with Crippen LogP contribution < -0.4 is 5.32 Å². The lowest BCUT2D eigenvalue weighted by atomic mass is 10.2. The third kappa shape index (κ3) is 2.50. The van der Waals surface area contributed by atoms with Crippen molar-refractivity contribution in [2.24, 2.45) is 0 Å². The Morgan fingerprint density at radius 3 is 2.47 bits per heavy atom. The van der Waals surface area contributed by atoms with Crippen LogP contribution >= 0.6 is 0 Å². The van der Waals surface area contributed by atoms with Crippen LogP contribution in [0, 0.1) is 6.92 Å². The van der Waals surface area contributed by atoms with Gasteiger partial charge in [0.05, 0.1) is 6.20 Å². The van der Waals surface area contributed by atoms with Gasteiger partial charge in [-0.2, -0.15) is 0 Å². The monoisotopic (exact) mass is 250 g/mol. The number of aromatic nitrogens is 1. The summed E-state index contributed by atoms with van der Waals surface area (Å²) in [5.41, 5.74) is 3.18. The summed E-state index contributed by atoms with van der Waals surface area (Å²) in [6, 6.07) is 18.5. The second-order valence-electron chi connectivity index (χ2n) is 4.34. The molecule has 3 heteroatoms. The maximum Gasteiger partial charge on any atom is 0.299 e. The van der Waals surface area contributed by atoms with Gasteiger partial charge in [0.1, 0.15) is 0 Å². The van der Waals surface area contributed by atoms with Crippen LogP contribution in [0.4, 0.5) is 11.7 Å². The lowest BCUT2D eigenvalue weighted by Crippen LogP contribution is -1.92. The van der Waals surface area contributed by atoms with Crippen LogP contribution in [0.25, 0.3) is 11.3 Å². The Hall–Kier alpha value is -2.55. The van der Waals surface area contributed by atoms with E-state index >= 15 is 0 Å². The third-order valence-electron chi connectivity index (χ3n) is 2.95. The molecule has 3 rings (SSSR count). The topological polar surface area (TPSA) is 38.1 Å². The number of benzene rings is 2. The number of nitrogens with one attached hydrogen (secondary N) is 1. The highest BCUT2D eigenvalue weighted by atomic mass is 16.4. The Kier molecular flexibility index (Phi) is 3.02. The first-order chi connectivity index (χ1) is 9.33. The number of nitrogens with zero attached hydrogens (tertiary/aromatic N) is 1. The Labute approximate surface area is 111 Å². The molecule has 0 bridgehead atoms. The minimum atomic E-state index is 0.508. The normalized spacial score (nSPS) is 10.4. The fourth-order valence-electron chi connectivity index (χ4n) is 1.90. The van der Waals surface area contributed by atoms with Gasteiger partial charge in [-0.05, 0) is 18.6 Å².